The van der Waals surface area contributed by atoms with Crippen molar-refractivity contribution in [1.29, 1.82) is 0 Å². The van der Waals surface area contributed by atoms with E-state index < -0.39 is 5.54 Å². The molecule has 1 fully saturated rings. The lowest BCUT2D eigenvalue weighted by atomic mass is 10.0. The van der Waals surface area contributed by atoms with E-state index in [1.165, 1.54) is 0 Å². The Kier molecular flexibility index (Phi) is 3.64. The summed E-state index contributed by atoms with van der Waals surface area (Å²) in [5, 5.41) is 0. The van der Waals surface area contributed by atoms with Gasteiger partial charge in [0.2, 0.25) is 0 Å². The molecule has 2 aromatic carbocycles. The van der Waals surface area contributed by atoms with E-state index in [2.05, 4.69) is 19.1 Å². The van der Waals surface area contributed by atoms with Crippen molar-refractivity contribution in [1.82, 2.24) is 4.90 Å². The number of methoxy groups -OCH3 is 1. The maximum atomic E-state index is 13.2. The Morgan fingerprint density at radius 2 is 1.84 bits per heavy atom. The first kappa shape index (κ1) is 15.9. The number of carbonyl (C=O) groups excluding carboxylic acids is 1. The zero-order valence-electron chi connectivity index (χ0n) is 14.8. The van der Waals surface area contributed by atoms with Crippen LogP contribution in [0.4, 0.5) is 0 Å². The fourth-order valence-electron chi connectivity index (χ4n) is 3.92. The first-order valence-corrected chi connectivity index (χ1v) is 8.66. The summed E-state index contributed by atoms with van der Waals surface area (Å²) in [7, 11) is 1.66. The second kappa shape index (κ2) is 5.73. The van der Waals surface area contributed by atoms with Gasteiger partial charge in [-0.05, 0) is 43.5 Å². The van der Waals surface area contributed by atoms with Crippen LogP contribution in [0.3, 0.4) is 0 Å². The number of amides is 1. The average molecular weight is 334 g/mol. The van der Waals surface area contributed by atoms with Crippen molar-refractivity contribution in [3.8, 4) is 5.75 Å². The molecule has 4 heteroatoms. The van der Waals surface area contributed by atoms with Gasteiger partial charge >= 0.3 is 0 Å². The number of nitrogens with zero attached hydrogens (tertiary/aromatic N) is 2. The molecule has 0 saturated heterocycles. The number of rotatable bonds is 4. The molecule has 3 atom stereocenters. The van der Waals surface area contributed by atoms with Crippen molar-refractivity contribution in [3.63, 3.8) is 0 Å². The van der Waals surface area contributed by atoms with E-state index >= 15 is 0 Å². The molecule has 0 radical (unpaired) electrons. The van der Waals surface area contributed by atoms with E-state index in [1.54, 1.807) is 7.11 Å². The van der Waals surface area contributed by atoms with E-state index in [4.69, 9.17) is 9.73 Å². The smallest absolute Gasteiger partial charge is 0.257 e. The minimum atomic E-state index is -0.596. The molecule has 1 amide bonds. The van der Waals surface area contributed by atoms with Crippen molar-refractivity contribution >= 4 is 11.7 Å². The predicted molar refractivity (Wildman–Crippen MR) is 97.9 cm³/mol. The lowest BCUT2D eigenvalue weighted by Gasteiger charge is -2.25. The molecule has 1 spiro atoms. The lowest BCUT2D eigenvalue weighted by Crippen LogP contribution is -2.37. The highest BCUT2D eigenvalue weighted by molar-refractivity contribution is 6.10. The van der Waals surface area contributed by atoms with Gasteiger partial charge in [0.1, 0.15) is 17.1 Å². The molecule has 0 N–H and O–H groups in total. The highest BCUT2D eigenvalue weighted by Gasteiger charge is 2.65. The molecule has 1 aliphatic carbocycles. The van der Waals surface area contributed by atoms with E-state index in [-0.39, 0.29) is 17.9 Å². The molecule has 2 aliphatic rings. The van der Waals surface area contributed by atoms with Crippen molar-refractivity contribution in [2.24, 2.45) is 4.99 Å². The summed E-state index contributed by atoms with van der Waals surface area (Å²) < 4.78 is 5.22. The van der Waals surface area contributed by atoms with E-state index in [0.29, 0.717) is 0 Å². The number of benzene rings is 2. The Balaban J connectivity index is 1.59. The molecule has 25 heavy (non-hydrogen) atoms. The molecular formula is C21H22N2O2. The lowest BCUT2D eigenvalue weighted by molar-refractivity contribution is -0.129. The highest BCUT2D eigenvalue weighted by atomic mass is 16.5. The highest BCUT2D eigenvalue weighted by Crippen LogP contribution is 2.58. The molecule has 1 saturated carbocycles. The summed E-state index contributed by atoms with van der Waals surface area (Å²) in [5.41, 5.74) is 1.69. The maximum absolute atomic E-state index is 13.2. The van der Waals surface area contributed by atoms with Crippen LogP contribution in [0.15, 0.2) is 59.6 Å². The fraction of sp³-hybridized carbons (Fsp3) is 0.333. The normalized spacial score (nSPS) is 25.9. The molecule has 4 rings (SSSR count). The summed E-state index contributed by atoms with van der Waals surface area (Å²) in [5.74, 6) is 1.93. The summed E-state index contributed by atoms with van der Waals surface area (Å²) in [4.78, 5) is 19.9. The molecule has 2 aromatic rings. The number of hydrogen-bond acceptors (Lipinski definition) is 3. The second-order valence-corrected chi connectivity index (χ2v) is 6.87. The average Bonchev–Trinajstić information content (AvgIpc) is 3.31. The number of aliphatic imine (C=N–C) groups is 1. The number of carbonyl (C=O) groups is 1. The third kappa shape index (κ3) is 2.44. The van der Waals surface area contributed by atoms with Crippen LogP contribution in [0.2, 0.25) is 0 Å². The van der Waals surface area contributed by atoms with Crippen molar-refractivity contribution < 1.29 is 9.53 Å². The van der Waals surface area contributed by atoms with Crippen LogP contribution in [-0.4, -0.2) is 29.3 Å². The third-order valence-corrected chi connectivity index (χ3v) is 5.42. The topological polar surface area (TPSA) is 41.9 Å². The van der Waals surface area contributed by atoms with Crippen LogP contribution >= 0.6 is 0 Å². The van der Waals surface area contributed by atoms with Gasteiger partial charge in [0.15, 0.2) is 0 Å². The third-order valence-electron chi connectivity index (χ3n) is 5.42. The SMILES string of the molecule is COc1ccc([C@@H]2C[C@]23N=C(C)N([C@@H](C)c2ccccc2)C3=O)cc1. The van der Waals surface area contributed by atoms with Crippen LogP contribution in [0, 0.1) is 0 Å². The van der Waals surface area contributed by atoms with Crippen LogP contribution in [-0.2, 0) is 4.79 Å². The number of ether oxygens (including phenoxy) is 1. The Labute approximate surface area is 148 Å². The fourth-order valence-corrected chi connectivity index (χ4v) is 3.92. The number of amidine groups is 1. The molecule has 0 unspecified atom stereocenters. The van der Waals surface area contributed by atoms with E-state index in [9.17, 15) is 4.79 Å². The van der Waals surface area contributed by atoms with Gasteiger partial charge in [0.05, 0.1) is 13.2 Å². The van der Waals surface area contributed by atoms with Gasteiger partial charge < -0.3 is 4.74 Å². The molecule has 0 bridgehead atoms. The van der Waals surface area contributed by atoms with Crippen LogP contribution < -0.4 is 4.74 Å². The first-order valence-electron chi connectivity index (χ1n) is 8.66. The van der Waals surface area contributed by atoms with E-state index in [0.717, 1.165) is 29.1 Å². The van der Waals surface area contributed by atoms with Crippen molar-refractivity contribution in [3.05, 3.63) is 65.7 Å². The van der Waals surface area contributed by atoms with Gasteiger partial charge in [0, 0.05) is 5.92 Å². The summed E-state index contributed by atoms with van der Waals surface area (Å²) >= 11 is 0. The quantitative estimate of drug-likeness (QED) is 0.850. The Hall–Kier alpha value is -2.62. The minimum Gasteiger partial charge on any atom is -0.497 e. The largest absolute Gasteiger partial charge is 0.497 e. The summed E-state index contributed by atoms with van der Waals surface area (Å²) in [6.07, 6.45) is 0.785. The molecule has 128 valence electrons. The number of hydrogen-bond donors (Lipinski definition) is 0. The minimum absolute atomic E-state index is 0.00561. The Bertz CT molecular complexity index is 829. The van der Waals surface area contributed by atoms with Gasteiger partial charge in [-0.2, -0.15) is 0 Å². The van der Waals surface area contributed by atoms with Gasteiger partial charge in [-0.3, -0.25) is 14.7 Å². The molecule has 4 nitrogen and oxygen atoms in total. The van der Waals surface area contributed by atoms with Crippen LogP contribution in [0.5, 0.6) is 5.75 Å². The molecule has 0 aromatic heterocycles. The van der Waals surface area contributed by atoms with Gasteiger partial charge in [-0.25, -0.2) is 0 Å². The zero-order chi connectivity index (χ0) is 17.6. The van der Waals surface area contributed by atoms with Gasteiger partial charge in [-0.15, -0.1) is 0 Å². The summed E-state index contributed by atoms with van der Waals surface area (Å²) in [6.45, 7) is 4.01. The zero-order valence-corrected chi connectivity index (χ0v) is 14.8. The second-order valence-electron chi connectivity index (χ2n) is 6.87. The van der Waals surface area contributed by atoms with Gasteiger partial charge in [-0.1, -0.05) is 42.5 Å². The molecule has 1 heterocycles. The van der Waals surface area contributed by atoms with Gasteiger partial charge in [0.25, 0.3) is 5.91 Å². The first-order chi connectivity index (χ1) is 12.1. The Morgan fingerprint density at radius 1 is 1.16 bits per heavy atom. The van der Waals surface area contributed by atoms with Crippen molar-refractivity contribution in [2.45, 2.75) is 37.8 Å². The predicted octanol–water partition coefficient (Wildman–Crippen LogP) is 3.94. The Morgan fingerprint density at radius 3 is 2.48 bits per heavy atom. The van der Waals surface area contributed by atoms with Crippen LogP contribution in [0.25, 0.3) is 0 Å². The van der Waals surface area contributed by atoms with Crippen molar-refractivity contribution in [2.75, 3.05) is 7.11 Å². The van der Waals surface area contributed by atoms with Crippen LogP contribution in [0.1, 0.15) is 43.4 Å². The van der Waals surface area contributed by atoms with E-state index in [1.807, 2.05) is 54.3 Å². The molecular weight excluding hydrogens is 312 g/mol. The summed E-state index contributed by atoms with van der Waals surface area (Å²) in [6, 6.07) is 18.1. The maximum Gasteiger partial charge on any atom is 0.257 e. The monoisotopic (exact) mass is 334 g/mol. The standard InChI is InChI=1S/C21H22N2O2/c1-14(16-7-5-4-6-8-16)23-15(2)22-21(20(23)24)13-19(21)17-9-11-18(25-3)12-10-17/h4-12,14,19H,13H2,1-3H3/t14-,19-,21-/m0/s1. The molecule has 1 aliphatic heterocycles.